The van der Waals surface area contributed by atoms with Crippen LogP contribution in [0.3, 0.4) is 0 Å². The second-order valence-electron chi connectivity index (χ2n) is 6.19. The quantitative estimate of drug-likeness (QED) is 0.651. The molecule has 0 saturated carbocycles. The van der Waals surface area contributed by atoms with Crippen LogP contribution in [0.1, 0.15) is 21.5 Å². The molecule has 0 aliphatic heterocycles. The first-order valence-electron chi connectivity index (χ1n) is 8.99. The van der Waals surface area contributed by atoms with Gasteiger partial charge in [-0.05, 0) is 35.9 Å². The summed E-state index contributed by atoms with van der Waals surface area (Å²) in [6.07, 6.45) is 0. The fourth-order valence-corrected chi connectivity index (χ4v) is 2.66. The van der Waals surface area contributed by atoms with Crippen molar-refractivity contribution in [2.45, 2.75) is 6.54 Å². The van der Waals surface area contributed by atoms with E-state index in [9.17, 15) is 9.59 Å². The van der Waals surface area contributed by atoms with Gasteiger partial charge in [-0.15, -0.1) is 0 Å². The number of nitriles is 1. The molecule has 6 nitrogen and oxygen atoms in total. The number of anilines is 1. The molecule has 2 N–H and O–H groups in total. The molecule has 2 amide bonds. The highest BCUT2D eigenvalue weighted by atomic mass is 16.5. The Balaban J connectivity index is 1.59. The summed E-state index contributed by atoms with van der Waals surface area (Å²) in [7, 11) is 0. The molecule has 144 valence electrons. The lowest BCUT2D eigenvalue weighted by Gasteiger charge is -2.12. The van der Waals surface area contributed by atoms with E-state index < -0.39 is 0 Å². The zero-order valence-electron chi connectivity index (χ0n) is 15.6. The summed E-state index contributed by atoms with van der Waals surface area (Å²) in [4.78, 5) is 24.7. The Kier molecular flexibility index (Phi) is 6.58. The van der Waals surface area contributed by atoms with Gasteiger partial charge in [-0.3, -0.25) is 9.59 Å². The van der Waals surface area contributed by atoms with E-state index in [4.69, 9.17) is 10.00 Å². The molecule has 0 spiro atoms. The van der Waals surface area contributed by atoms with E-state index in [1.54, 1.807) is 48.5 Å². The zero-order chi connectivity index (χ0) is 20.5. The molecule has 0 heterocycles. The highest BCUT2D eigenvalue weighted by Gasteiger charge is 2.13. The third-order valence-corrected chi connectivity index (χ3v) is 4.06. The maximum atomic E-state index is 12.5. The Labute approximate surface area is 168 Å². The van der Waals surface area contributed by atoms with Gasteiger partial charge in [-0.2, -0.15) is 5.26 Å². The number of benzene rings is 3. The maximum absolute atomic E-state index is 12.5. The first-order valence-corrected chi connectivity index (χ1v) is 8.99. The third kappa shape index (κ3) is 5.68. The van der Waals surface area contributed by atoms with Crippen molar-refractivity contribution >= 4 is 17.5 Å². The molecule has 3 aromatic carbocycles. The van der Waals surface area contributed by atoms with E-state index in [0.29, 0.717) is 29.1 Å². The minimum Gasteiger partial charge on any atom is -0.483 e. The van der Waals surface area contributed by atoms with Gasteiger partial charge in [0.15, 0.2) is 6.61 Å². The number of hydrogen-bond acceptors (Lipinski definition) is 4. The molecule has 0 atom stereocenters. The van der Waals surface area contributed by atoms with Gasteiger partial charge in [0.05, 0.1) is 17.2 Å². The Morgan fingerprint density at radius 3 is 2.48 bits per heavy atom. The van der Waals surface area contributed by atoms with E-state index >= 15 is 0 Å². The topological polar surface area (TPSA) is 91.2 Å². The van der Waals surface area contributed by atoms with Gasteiger partial charge in [0.1, 0.15) is 5.75 Å². The first kappa shape index (κ1) is 19.6. The van der Waals surface area contributed by atoms with Crippen LogP contribution in [0, 0.1) is 11.3 Å². The average Bonchev–Trinajstić information content (AvgIpc) is 2.77. The third-order valence-electron chi connectivity index (χ3n) is 4.06. The molecule has 3 rings (SSSR count). The number of carbonyl (C=O) groups is 2. The molecule has 0 unspecified atom stereocenters. The summed E-state index contributed by atoms with van der Waals surface area (Å²) in [6.45, 7) is 0.128. The molecule has 0 aliphatic carbocycles. The number of para-hydroxylation sites is 1. The van der Waals surface area contributed by atoms with Crippen LogP contribution in [0.2, 0.25) is 0 Å². The molecule has 3 aromatic rings. The number of hydrogen-bond donors (Lipinski definition) is 2. The molecular formula is C23H19N3O3. The van der Waals surface area contributed by atoms with Crippen LogP contribution in [0.4, 0.5) is 5.69 Å². The van der Waals surface area contributed by atoms with Crippen molar-refractivity contribution in [3.63, 3.8) is 0 Å². The minimum absolute atomic E-state index is 0.264. The molecule has 0 aliphatic rings. The van der Waals surface area contributed by atoms with Crippen molar-refractivity contribution in [2.24, 2.45) is 0 Å². The fourth-order valence-electron chi connectivity index (χ4n) is 2.66. The molecule has 0 radical (unpaired) electrons. The number of rotatable bonds is 7. The van der Waals surface area contributed by atoms with Crippen LogP contribution in [0.5, 0.6) is 5.75 Å². The zero-order valence-corrected chi connectivity index (χ0v) is 15.6. The SMILES string of the molecule is N#Cc1cccc(NC(=O)COc2ccccc2C(=O)NCc2ccccc2)c1. The number of ether oxygens (including phenoxy) is 1. The maximum Gasteiger partial charge on any atom is 0.262 e. The van der Waals surface area contributed by atoms with Crippen molar-refractivity contribution in [2.75, 3.05) is 11.9 Å². The van der Waals surface area contributed by atoms with Crippen LogP contribution in [0.15, 0.2) is 78.9 Å². The first-order chi connectivity index (χ1) is 14.2. The minimum atomic E-state index is -0.389. The van der Waals surface area contributed by atoms with Gasteiger partial charge >= 0.3 is 0 Å². The number of nitrogens with one attached hydrogen (secondary N) is 2. The number of amides is 2. The van der Waals surface area contributed by atoms with E-state index in [2.05, 4.69) is 10.6 Å². The molecule has 29 heavy (non-hydrogen) atoms. The number of carbonyl (C=O) groups excluding carboxylic acids is 2. The Morgan fingerprint density at radius 1 is 0.931 bits per heavy atom. The van der Waals surface area contributed by atoms with Crippen molar-refractivity contribution in [3.05, 3.63) is 95.6 Å². The van der Waals surface area contributed by atoms with E-state index in [0.717, 1.165) is 5.56 Å². The molecule has 0 aromatic heterocycles. The Bertz CT molecular complexity index is 1040. The van der Waals surface area contributed by atoms with Gasteiger partial charge in [-0.1, -0.05) is 48.5 Å². The van der Waals surface area contributed by atoms with Crippen LogP contribution in [-0.4, -0.2) is 18.4 Å². The molecular weight excluding hydrogens is 366 g/mol. The Hall–Kier alpha value is -4.11. The monoisotopic (exact) mass is 385 g/mol. The molecule has 0 fully saturated rings. The standard InChI is InChI=1S/C23H19N3O3/c24-14-18-9-6-10-19(13-18)26-22(27)16-29-21-12-5-4-11-20(21)23(28)25-15-17-7-2-1-3-8-17/h1-13H,15-16H2,(H,25,28)(H,26,27). The predicted octanol–water partition coefficient (Wildman–Crippen LogP) is 3.51. The lowest BCUT2D eigenvalue weighted by molar-refractivity contribution is -0.118. The highest BCUT2D eigenvalue weighted by Crippen LogP contribution is 2.18. The summed E-state index contributed by atoms with van der Waals surface area (Å²) < 4.78 is 5.56. The fraction of sp³-hybridized carbons (Fsp3) is 0.0870. The average molecular weight is 385 g/mol. The molecule has 6 heteroatoms. The second-order valence-corrected chi connectivity index (χ2v) is 6.19. The summed E-state index contributed by atoms with van der Waals surface area (Å²) in [5.41, 5.74) is 2.29. The van der Waals surface area contributed by atoms with Crippen LogP contribution in [-0.2, 0) is 11.3 Å². The van der Waals surface area contributed by atoms with Gasteiger partial charge < -0.3 is 15.4 Å². The Morgan fingerprint density at radius 2 is 1.69 bits per heavy atom. The van der Waals surface area contributed by atoms with Crippen LogP contribution in [0.25, 0.3) is 0 Å². The molecule has 0 bridgehead atoms. The van der Waals surface area contributed by atoms with Crippen LogP contribution < -0.4 is 15.4 Å². The van der Waals surface area contributed by atoms with Crippen molar-refractivity contribution < 1.29 is 14.3 Å². The van der Waals surface area contributed by atoms with Gasteiger partial charge in [0.25, 0.3) is 11.8 Å². The predicted molar refractivity (Wildman–Crippen MR) is 109 cm³/mol. The highest BCUT2D eigenvalue weighted by molar-refractivity contribution is 5.97. The summed E-state index contributed by atoms with van der Waals surface area (Å²) >= 11 is 0. The number of nitrogens with zero attached hydrogens (tertiary/aromatic N) is 1. The van der Waals surface area contributed by atoms with E-state index in [1.807, 2.05) is 36.4 Å². The summed E-state index contributed by atoms with van der Waals surface area (Å²) in [6, 6.07) is 24.9. The van der Waals surface area contributed by atoms with E-state index in [1.165, 1.54) is 0 Å². The largest absolute Gasteiger partial charge is 0.483 e. The smallest absolute Gasteiger partial charge is 0.262 e. The van der Waals surface area contributed by atoms with Gasteiger partial charge in [0.2, 0.25) is 0 Å². The second kappa shape index (κ2) is 9.72. The lowest BCUT2D eigenvalue weighted by Crippen LogP contribution is -2.25. The lowest BCUT2D eigenvalue weighted by atomic mass is 10.1. The van der Waals surface area contributed by atoms with Crippen molar-refractivity contribution in [1.29, 1.82) is 5.26 Å². The van der Waals surface area contributed by atoms with Gasteiger partial charge in [-0.25, -0.2) is 0 Å². The van der Waals surface area contributed by atoms with Crippen LogP contribution >= 0.6 is 0 Å². The van der Waals surface area contributed by atoms with Crippen molar-refractivity contribution in [1.82, 2.24) is 5.32 Å². The van der Waals surface area contributed by atoms with E-state index in [-0.39, 0.29) is 18.4 Å². The normalized spacial score (nSPS) is 9.90. The summed E-state index contributed by atoms with van der Waals surface area (Å²) in [5.74, 6) is -0.356. The van der Waals surface area contributed by atoms with Crippen molar-refractivity contribution in [3.8, 4) is 11.8 Å². The molecule has 0 saturated heterocycles. The van der Waals surface area contributed by atoms with Gasteiger partial charge in [0, 0.05) is 12.2 Å². The summed E-state index contributed by atoms with van der Waals surface area (Å²) in [5, 5.41) is 14.4.